The van der Waals surface area contributed by atoms with Gasteiger partial charge in [0.15, 0.2) is 0 Å². The van der Waals surface area contributed by atoms with E-state index in [1.54, 1.807) is 19.9 Å². The number of phenolic OH excluding ortho intramolecular Hbond substituents is 1. The number of fused-ring (bicyclic) bond motifs is 1. The number of esters is 1. The van der Waals surface area contributed by atoms with Crippen LogP contribution in [0.3, 0.4) is 0 Å². The van der Waals surface area contributed by atoms with Crippen molar-refractivity contribution in [3.63, 3.8) is 0 Å². The van der Waals surface area contributed by atoms with Gasteiger partial charge >= 0.3 is 5.97 Å². The Morgan fingerprint density at radius 2 is 2.24 bits per heavy atom. The van der Waals surface area contributed by atoms with Gasteiger partial charge in [0.2, 0.25) is 0 Å². The maximum Gasteiger partial charge on any atom is 0.342 e. The van der Waals surface area contributed by atoms with Crippen molar-refractivity contribution in [3.05, 3.63) is 27.9 Å². The Morgan fingerprint density at radius 1 is 1.53 bits per heavy atom. The summed E-state index contributed by atoms with van der Waals surface area (Å²) in [5.74, 6) is 0.102. The number of rotatable bonds is 2. The molecule has 90 valence electrons. The second-order valence-corrected chi connectivity index (χ2v) is 4.41. The van der Waals surface area contributed by atoms with Gasteiger partial charge in [-0.05, 0) is 41.9 Å². The SMILES string of the molecule is CCOC(=O)c1c(C)oc2cc(Br)c(O)cc12. The van der Waals surface area contributed by atoms with E-state index in [4.69, 9.17) is 9.15 Å². The van der Waals surface area contributed by atoms with Crippen LogP contribution in [0.4, 0.5) is 0 Å². The molecule has 1 aromatic carbocycles. The Bertz CT molecular complexity index is 586. The minimum absolute atomic E-state index is 0.0591. The summed E-state index contributed by atoms with van der Waals surface area (Å²) in [5.41, 5.74) is 0.903. The molecule has 0 radical (unpaired) electrons. The number of aromatic hydroxyl groups is 1. The summed E-state index contributed by atoms with van der Waals surface area (Å²) in [6, 6.07) is 3.11. The number of carbonyl (C=O) groups excluding carboxylic acids is 1. The first-order valence-electron chi connectivity index (χ1n) is 5.13. The van der Waals surface area contributed by atoms with Crippen LogP contribution in [0, 0.1) is 6.92 Å². The number of furan rings is 1. The predicted octanol–water partition coefficient (Wildman–Crippen LogP) is 3.39. The van der Waals surface area contributed by atoms with Crippen molar-refractivity contribution < 1.29 is 19.1 Å². The second kappa shape index (κ2) is 4.41. The van der Waals surface area contributed by atoms with Gasteiger partial charge in [-0.3, -0.25) is 0 Å². The van der Waals surface area contributed by atoms with E-state index >= 15 is 0 Å². The molecule has 0 fully saturated rings. The topological polar surface area (TPSA) is 59.7 Å². The van der Waals surface area contributed by atoms with E-state index in [9.17, 15) is 9.90 Å². The molecule has 0 unspecified atom stereocenters. The second-order valence-electron chi connectivity index (χ2n) is 3.55. The molecule has 0 saturated heterocycles. The van der Waals surface area contributed by atoms with Crippen LogP contribution in [0.2, 0.25) is 0 Å². The van der Waals surface area contributed by atoms with E-state index in [0.717, 1.165) is 0 Å². The van der Waals surface area contributed by atoms with Crippen LogP contribution in [0.15, 0.2) is 21.0 Å². The van der Waals surface area contributed by atoms with Crippen molar-refractivity contribution in [2.45, 2.75) is 13.8 Å². The summed E-state index contributed by atoms with van der Waals surface area (Å²) in [6.07, 6.45) is 0. The number of ether oxygens (including phenoxy) is 1. The van der Waals surface area contributed by atoms with Gasteiger partial charge in [0.25, 0.3) is 0 Å². The first-order valence-corrected chi connectivity index (χ1v) is 5.92. The van der Waals surface area contributed by atoms with Gasteiger partial charge in [-0.1, -0.05) is 0 Å². The zero-order valence-electron chi connectivity index (χ0n) is 9.41. The van der Waals surface area contributed by atoms with Crippen molar-refractivity contribution in [2.75, 3.05) is 6.61 Å². The van der Waals surface area contributed by atoms with Crippen LogP contribution < -0.4 is 0 Å². The average Bonchev–Trinajstić information content (AvgIpc) is 2.55. The minimum atomic E-state index is -0.439. The van der Waals surface area contributed by atoms with Gasteiger partial charge in [-0.2, -0.15) is 0 Å². The van der Waals surface area contributed by atoms with Gasteiger partial charge in [-0.15, -0.1) is 0 Å². The molecule has 4 nitrogen and oxygen atoms in total. The molecule has 0 spiro atoms. The summed E-state index contributed by atoms with van der Waals surface area (Å²) in [4.78, 5) is 11.8. The summed E-state index contributed by atoms with van der Waals surface area (Å²) in [6.45, 7) is 3.73. The molecule has 17 heavy (non-hydrogen) atoms. The Kier molecular flexibility index (Phi) is 3.11. The third kappa shape index (κ3) is 2.02. The highest BCUT2D eigenvalue weighted by molar-refractivity contribution is 9.10. The Hall–Kier alpha value is -1.49. The van der Waals surface area contributed by atoms with Gasteiger partial charge in [0.05, 0.1) is 11.1 Å². The molecule has 0 saturated carbocycles. The number of hydrogen-bond acceptors (Lipinski definition) is 4. The van der Waals surface area contributed by atoms with E-state index in [2.05, 4.69) is 15.9 Å². The van der Waals surface area contributed by atoms with Crippen LogP contribution in [0.1, 0.15) is 23.0 Å². The van der Waals surface area contributed by atoms with Crippen LogP contribution in [0.5, 0.6) is 5.75 Å². The van der Waals surface area contributed by atoms with Gasteiger partial charge < -0.3 is 14.3 Å². The van der Waals surface area contributed by atoms with E-state index < -0.39 is 5.97 Å². The Morgan fingerprint density at radius 3 is 2.88 bits per heavy atom. The lowest BCUT2D eigenvalue weighted by molar-refractivity contribution is 0.0526. The molecule has 0 aliphatic heterocycles. The molecule has 1 heterocycles. The largest absolute Gasteiger partial charge is 0.507 e. The fourth-order valence-electron chi connectivity index (χ4n) is 1.69. The molecule has 0 atom stereocenters. The van der Waals surface area contributed by atoms with E-state index in [1.165, 1.54) is 6.07 Å². The normalized spacial score (nSPS) is 10.8. The standard InChI is InChI=1S/C12H11BrO4/c1-3-16-12(15)11-6(2)17-10-5-8(13)9(14)4-7(10)11/h4-5,14H,3H2,1-2H3. The van der Waals surface area contributed by atoms with Crippen molar-refractivity contribution in [1.82, 2.24) is 0 Å². The van der Waals surface area contributed by atoms with Gasteiger partial charge in [0.1, 0.15) is 22.7 Å². The average molecular weight is 299 g/mol. The number of halogens is 1. The number of phenols is 1. The zero-order chi connectivity index (χ0) is 12.6. The maximum absolute atomic E-state index is 11.8. The first kappa shape index (κ1) is 12.0. The van der Waals surface area contributed by atoms with Gasteiger partial charge in [-0.25, -0.2) is 4.79 Å². The highest BCUT2D eigenvalue weighted by Gasteiger charge is 2.20. The summed E-state index contributed by atoms with van der Waals surface area (Å²) >= 11 is 3.19. The van der Waals surface area contributed by atoms with Gasteiger partial charge in [0, 0.05) is 5.39 Å². The lowest BCUT2D eigenvalue weighted by Gasteiger charge is -2.01. The zero-order valence-corrected chi connectivity index (χ0v) is 11.0. The molecule has 2 rings (SSSR count). The van der Waals surface area contributed by atoms with E-state index in [0.29, 0.717) is 33.4 Å². The molecule has 0 aliphatic carbocycles. The third-order valence-corrected chi connectivity index (χ3v) is 3.05. The highest BCUT2D eigenvalue weighted by Crippen LogP contribution is 2.34. The quantitative estimate of drug-likeness (QED) is 0.864. The monoisotopic (exact) mass is 298 g/mol. The summed E-state index contributed by atoms with van der Waals surface area (Å²) in [7, 11) is 0. The number of carbonyl (C=O) groups is 1. The van der Waals surface area contributed by atoms with Crippen molar-refractivity contribution in [2.24, 2.45) is 0 Å². The molecule has 1 aromatic heterocycles. The molecule has 0 aliphatic rings. The van der Waals surface area contributed by atoms with E-state index in [1.807, 2.05) is 0 Å². The summed E-state index contributed by atoms with van der Waals surface area (Å²) in [5, 5.41) is 10.2. The molecule has 2 aromatic rings. The fourth-order valence-corrected chi connectivity index (χ4v) is 2.01. The maximum atomic E-state index is 11.8. The van der Waals surface area contributed by atoms with Crippen molar-refractivity contribution in [3.8, 4) is 5.75 Å². The van der Waals surface area contributed by atoms with Crippen LogP contribution in [-0.4, -0.2) is 17.7 Å². The minimum Gasteiger partial charge on any atom is -0.507 e. The fraction of sp³-hybridized carbons (Fsp3) is 0.250. The van der Waals surface area contributed by atoms with Crippen molar-refractivity contribution in [1.29, 1.82) is 0 Å². The first-order chi connectivity index (χ1) is 8.04. The lowest BCUT2D eigenvalue weighted by Crippen LogP contribution is -2.05. The highest BCUT2D eigenvalue weighted by atomic mass is 79.9. The Labute approximate surface area is 106 Å². The summed E-state index contributed by atoms with van der Waals surface area (Å²) < 4.78 is 10.9. The molecule has 0 amide bonds. The van der Waals surface area contributed by atoms with E-state index in [-0.39, 0.29) is 5.75 Å². The molecular weight excluding hydrogens is 288 g/mol. The smallest absolute Gasteiger partial charge is 0.342 e. The number of benzene rings is 1. The molecule has 1 N–H and O–H groups in total. The molecule has 0 bridgehead atoms. The van der Waals surface area contributed by atoms with Crippen molar-refractivity contribution >= 4 is 32.9 Å². The Balaban J connectivity index is 2.66. The third-order valence-electron chi connectivity index (χ3n) is 2.41. The molecule has 5 heteroatoms. The van der Waals surface area contributed by atoms with Crippen LogP contribution in [0.25, 0.3) is 11.0 Å². The number of hydrogen-bond donors (Lipinski definition) is 1. The van der Waals surface area contributed by atoms with Crippen LogP contribution >= 0.6 is 15.9 Å². The molecular formula is C12H11BrO4. The number of aryl methyl sites for hydroxylation is 1. The predicted molar refractivity (Wildman–Crippen MR) is 66.3 cm³/mol. The lowest BCUT2D eigenvalue weighted by atomic mass is 10.1. The van der Waals surface area contributed by atoms with Crippen LogP contribution in [-0.2, 0) is 4.74 Å².